The molecule has 0 saturated carbocycles. The number of amides is 1. The standard InChI is InChI=1S/C25H26N2O4S/c1-31-21-13-15-22(16-14-21)32(29,30)27(19-20-9-3-2-4-10-20)24-12-6-5-11-23(24)25(28)26-17-7-8-18-26/h2-6,9-16H,7-8,17-19H2,1H3. The van der Waals surface area contributed by atoms with Crippen molar-refractivity contribution in [2.75, 3.05) is 24.5 Å². The molecule has 0 aromatic heterocycles. The first-order chi connectivity index (χ1) is 15.5. The lowest BCUT2D eigenvalue weighted by molar-refractivity contribution is 0.0793. The molecule has 3 aromatic rings. The summed E-state index contributed by atoms with van der Waals surface area (Å²) in [5.74, 6) is 0.435. The van der Waals surface area contributed by atoms with Crippen LogP contribution in [0, 0.1) is 0 Å². The highest BCUT2D eigenvalue weighted by molar-refractivity contribution is 7.92. The van der Waals surface area contributed by atoms with Gasteiger partial charge >= 0.3 is 0 Å². The summed E-state index contributed by atoms with van der Waals surface area (Å²) in [5.41, 5.74) is 1.60. The van der Waals surface area contributed by atoms with E-state index in [9.17, 15) is 13.2 Å². The van der Waals surface area contributed by atoms with Crippen molar-refractivity contribution in [3.63, 3.8) is 0 Å². The van der Waals surface area contributed by atoms with E-state index < -0.39 is 10.0 Å². The number of ether oxygens (including phenoxy) is 1. The van der Waals surface area contributed by atoms with Crippen LogP contribution in [-0.4, -0.2) is 39.4 Å². The van der Waals surface area contributed by atoms with Crippen LogP contribution in [0.3, 0.4) is 0 Å². The van der Waals surface area contributed by atoms with Gasteiger partial charge in [0, 0.05) is 13.1 Å². The molecule has 166 valence electrons. The number of carbonyl (C=O) groups is 1. The monoisotopic (exact) mass is 450 g/mol. The first-order valence-electron chi connectivity index (χ1n) is 10.6. The van der Waals surface area contributed by atoms with Crippen LogP contribution in [0.15, 0.2) is 83.8 Å². The molecule has 1 aliphatic heterocycles. The van der Waals surface area contributed by atoms with Crippen LogP contribution < -0.4 is 9.04 Å². The molecule has 1 fully saturated rings. The fraction of sp³-hybridized carbons (Fsp3) is 0.240. The predicted molar refractivity (Wildman–Crippen MR) is 124 cm³/mol. The molecule has 1 saturated heterocycles. The van der Waals surface area contributed by atoms with E-state index in [0.717, 1.165) is 18.4 Å². The number of methoxy groups -OCH3 is 1. The second-order valence-electron chi connectivity index (χ2n) is 7.69. The Bertz CT molecular complexity index is 1170. The molecule has 32 heavy (non-hydrogen) atoms. The van der Waals surface area contributed by atoms with Crippen LogP contribution in [0.5, 0.6) is 5.75 Å². The smallest absolute Gasteiger partial charge is 0.264 e. The minimum Gasteiger partial charge on any atom is -0.497 e. The normalized spacial score (nSPS) is 13.7. The van der Waals surface area contributed by atoms with Gasteiger partial charge in [0.15, 0.2) is 0 Å². The fourth-order valence-corrected chi connectivity index (χ4v) is 5.36. The predicted octanol–water partition coefficient (Wildman–Crippen LogP) is 4.33. The third kappa shape index (κ3) is 4.48. The van der Waals surface area contributed by atoms with Crippen molar-refractivity contribution in [2.24, 2.45) is 0 Å². The maximum atomic E-state index is 13.8. The molecule has 0 N–H and O–H groups in total. The van der Waals surface area contributed by atoms with E-state index in [1.807, 2.05) is 30.3 Å². The average Bonchev–Trinajstić information content (AvgIpc) is 3.38. The molecule has 0 unspecified atom stereocenters. The van der Waals surface area contributed by atoms with Gasteiger partial charge in [-0.3, -0.25) is 9.10 Å². The first kappa shape index (κ1) is 21.9. The number of hydrogen-bond donors (Lipinski definition) is 0. The van der Waals surface area contributed by atoms with E-state index in [1.165, 1.54) is 23.5 Å². The topological polar surface area (TPSA) is 66.9 Å². The fourth-order valence-electron chi connectivity index (χ4n) is 3.89. The third-order valence-corrected chi connectivity index (χ3v) is 7.39. The molecule has 1 aliphatic rings. The number of rotatable bonds is 7. The van der Waals surface area contributed by atoms with E-state index in [0.29, 0.717) is 30.1 Å². The Hall–Kier alpha value is -3.32. The Morgan fingerprint density at radius 2 is 1.53 bits per heavy atom. The van der Waals surface area contributed by atoms with Crippen LogP contribution in [0.1, 0.15) is 28.8 Å². The number of benzene rings is 3. The molecule has 1 heterocycles. The summed E-state index contributed by atoms with van der Waals surface area (Å²) in [6, 6.07) is 22.6. The van der Waals surface area contributed by atoms with Crippen LogP contribution in [0.2, 0.25) is 0 Å². The van der Waals surface area contributed by atoms with Crippen molar-refractivity contribution in [3.05, 3.63) is 90.0 Å². The molecule has 7 heteroatoms. The van der Waals surface area contributed by atoms with Crippen LogP contribution in [0.4, 0.5) is 5.69 Å². The summed E-state index contributed by atoms with van der Waals surface area (Å²) < 4.78 is 34.1. The van der Waals surface area contributed by atoms with Gasteiger partial charge in [0.05, 0.1) is 29.8 Å². The van der Waals surface area contributed by atoms with Crippen molar-refractivity contribution in [1.82, 2.24) is 4.90 Å². The summed E-state index contributed by atoms with van der Waals surface area (Å²) in [4.78, 5) is 15.2. The van der Waals surface area contributed by atoms with Crippen LogP contribution >= 0.6 is 0 Å². The molecule has 1 amide bonds. The van der Waals surface area contributed by atoms with E-state index in [4.69, 9.17) is 4.74 Å². The SMILES string of the molecule is COc1ccc(S(=O)(=O)N(Cc2ccccc2)c2ccccc2C(=O)N2CCCC2)cc1. The molecule has 0 aliphatic carbocycles. The number of hydrogen-bond acceptors (Lipinski definition) is 4. The van der Waals surface area contributed by atoms with Gasteiger partial charge in [-0.25, -0.2) is 8.42 Å². The van der Waals surface area contributed by atoms with Crippen molar-refractivity contribution in [3.8, 4) is 5.75 Å². The number of carbonyl (C=O) groups excluding carboxylic acids is 1. The number of sulfonamides is 1. The van der Waals surface area contributed by atoms with Gasteiger partial charge in [-0.05, 0) is 54.8 Å². The Kier molecular flexibility index (Phi) is 6.46. The minimum absolute atomic E-state index is 0.111. The maximum absolute atomic E-state index is 13.8. The van der Waals surface area contributed by atoms with E-state index in [-0.39, 0.29) is 17.3 Å². The summed E-state index contributed by atoms with van der Waals surface area (Å²) >= 11 is 0. The zero-order chi connectivity index (χ0) is 22.6. The van der Waals surface area contributed by atoms with Gasteiger partial charge < -0.3 is 9.64 Å². The quantitative estimate of drug-likeness (QED) is 0.538. The summed E-state index contributed by atoms with van der Waals surface area (Å²) in [7, 11) is -2.42. The second kappa shape index (κ2) is 9.44. The molecule has 6 nitrogen and oxygen atoms in total. The van der Waals surface area contributed by atoms with Gasteiger partial charge in [0.2, 0.25) is 0 Å². The molecule has 0 bridgehead atoms. The van der Waals surface area contributed by atoms with Crippen molar-refractivity contribution < 1.29 is 17.9 Å². The highest BCUT2D eigenvalue weighted by Gasteiger charge is 2.30. The van der Waals surface area contributed by atoms with Gasteiger partial charge in [-0.15, -0.1) is 0 Å². The highest BCUT2D eigenvalue weighted by atomic mass is 32.2. The molecular formula is C25H26N2O4S. The average molecular weight is 451 g/mol. The van der Waals surface area contributed by atoms with E-state index in [2.05, 4.69) is 0 Å². The zero-order valence-corrected chi connectivity index (χ0v) is 18.8. The molecule has 0 spiro atoms. The molecule has 4 rings (SSSR count). The maximum Gasteiger partial charge on any atom is 0.264 e. The van der Waals surface area contributed by atoms with Crippen LogP contribution in [-0.2, 0) is 16.6 Å². The van der Waals surface area contributed by atoms with E-state index >= 15 is 0 Å². The lowest BCUT2D eigenvalue weighted by atomic mass is 10.1. The lowest BCUT2D eigenvalue weighted by Crippen LogP contribution is -2.34. The molecule has 0 radical (unpaired) electrons. The zero-order valence-electron chi connectivity index (χ0n) is 18.0. The first-order valence-corrected chi connectivity index (χ1v) is 12.0. The van der Waals surface area contributed by atoms with Gasteiger partial charge in [-0.2, -0.15) is 0 Å². The van der Waals surface area contributed by atoms with Crippen LogP contribution in [0.25, 0.3) is 0 Å². The second-order valence-corrected chi connectivity index (χ2v) is 9.55. The number of likely N-dealkylation sites (tertiary alicyclic amines) is 1. The third-order valence-electron chi connectivity index (χ3n) is 5.61. The molecular weight excluding hydrogens is 424 g/mol. The summed E-state index contributed by atoms with van der Waals surface area (Å²) in [5, 5.41) is 0. The molecule has 3 aromatic carbocycles. The summed E-state index contributed by atoms with van der Waals surface area (Å²) in [6.07, 6.45) is 1.93. The Morgan fingerprint density at radius 3 is 2.19 bits per heavy atom. The number of anilines is 1. The van der Waals surface area contributed by atoms with Crippen molar-refractivity contribution in [1.29, 1.82) is 0 Å². The van der Waals surface area contributed by atoms with Gasteiger partial charge in [-0.1, -0.05) is 42.5 Å². The van der Waals surface area contributed by atoms with Gasteiger partial charge in [0.25, 0.3) is 15.9 Å². The largest absolute Gasteiger partial charge is 0.497 e. The number of nitrogens with zero attached hydrogens (tertiary/aromatic N) is 2. The Balaban J connectivity index is 1.81. The Labute approximate surface area is 189 Å². The van der Waals surface area contributed by atoms with Gasteiger partial charge in [0.1, 0.15) is 5.75 Å². The Morgan fingerprint density at radius 1 is 0.906 bits per heavy atom. The minimum atomic E-state index is -3.95. The van der Waals surface area contributed by atoms with Crippen molar-refractivity contribution >= 4 is 21.6 Å². The lowest BCUT2D eigenvalue weighted by Gasteiger charge is -2.28. The number of para-hydroxylation sites is 1. The molecule has 0 atom stereocenters. The van der Waals surface area contributed by atoms with E-state index in [1.54, 1.807) is 41.3 Å². The highest BCUT2D eigenvalue weighted by Crippen LogP contribution is 2.31. The van der Waals surface area contributed by atoms with Crippen molar-refractivity contribution in [2.45, 2.75) is 24.3 Å². The summed E-state index contributed by atoms with van der Waals surface area (Å²) in [6.45, 7) is 1.49.